The van der Waals surface area contributed by atoms with Crippen LogP contribution in [0.25, 0.3) is 0 Å². The number of rotatable bonds is 4. The Morgan fingerprint density at radius 1 is 1.68 bits per heavy atom. The SMILES string of the molecule is Cc1csc(NC(=O)N2CCCC2CC(O)c2ccco2)n1. The summed E-state index contributed by atoms with van der Waals surface area (Å²) < 4.78 is 5.22. The molecule has 118 valence electrons. The average Bonchev–Trinajstić information content (AvgIpc) is 3.20. The van der Waals surface area contributed by atoms with Crippen LogP contribution in [0.1, 0.15) is 36.8 Å². The quantitative estimate of drug-likeness (QED) is 0.906. The van der Waals surface area contributed by atoms with Crippen LogP contribution in [0.3, 0.4) is 0 Å². The minimum Gasteiger partial charge on any atom is -0.467 e. The predicted molar refractivity (Wildman–Crippen MR) is 83.9 cm³/mol. The van der Waals surface area contributed by atoms with E-state index in [1.54, 1.807) is 23.3 Å². The van der Waals surface area contributed by atoms with Gasteiger partial charge in [0.15, 0.2) is 5.13 Å². The summed E-state index contributed by atoms with van der Waals surface area (Å²) in [6, 6.07) is 3.37. The van der Waals surface area contributed by atoms with E-state index in [1.807, 2.05) is 12.3 Å². The first kappa shape index (κ1) is 15.1. The number of hydrogen-bond acceptors (Lipinski definition) is 5. The zero-order valence-corrected chi connectivity index (χ0v) is 13.2. The summed E-state index contributed by atoms with van der Waals surface area (Å²) in [5.74, 6) is 0.544. The summed E-state index contributed by atoms with van der Waals surface area (Å²) in [5.41, 5.74) is 0.895. The van der Waals surface area contributed by atoms with Gasteiger partial charge in [-0.15, -0.1) is 11.3 Å². The summed E-state index contributed by atoms with van der Waals surface area (Å²) in [4.78, 5) is 18.4. The maximum Gasteiger partial charge on any atom is 0.323 e. The highest BCUT2D eigenvalue weighted by molar-refractivity contribution is 7.13. The molecule has 3 rings (SSSR count). The van der Waals surface area contributed by atoms with E-state index in [1.165, 1.54) is 11.3 Å². The number of aliphatic hydroxyl groups excluding tert-OH is 1. The molecule has 7 heteroatoms. The second-order valence-corrected chi connectivity index (χ2v) is 6.34. The van der Waals surface area contributed by atoms with E-state index in [4.69, 9.17) is 4.42 Å². The third kappa shape index (κ3) is 3.31. The first-order valence-electron chi connectivity index (χ1n) is 7.34. The smallest absolute Gasteiger partial charge is 0.323 e. The normalized spacial score (nSPS) is 19.4. The molecule has 0 aliphatic carbocycles. The van der Waals surface area contributed by atoms with Crippen LogP contribution in [0, 0.1) is 6.92 Å². The lowest BCUT2D eigenvalue weighted by molar-refractivity contribution is 0.110. The number of aryl methyl sites for hydroxylation is 1. The number of aromatic nitrogens is 1. The zero-order valence-electron chi connectivity index (χ0n) is 12.4. The zero-order chi connectivity index (χ0) is 15.5. The standard InChI is InChI=1S/C15H19N3O3S/c1-10-9-22-14(16-10)17-15(20)18-6-2-4-11(18)8-12(19)13-5-3-7-21-13/h3,5,7,9,11-12,19H,2,4,6,8H2,1H3,(H,16,17,20). The van der Waals surface area contributed by atoms with Crippen LogP contribution >= 0.6 is 11.3 Å². The van der Waals surface area contributed by atoms with Crippen LogP contribution in [0.2, 0.25) is 0 Å². The number of nitrogens with zero attached hydrogens (tertiary/aromatic N) is 2. The van der Waals surface area contributed by atoms with Gasteiger partial charge in [0.1, 0.15) is 11.9 Å². The summed E-state index contributed by atoms with van der Waals surface area (Å²) in [6.45, 7) is 2.59. The third-order valence-corrected chi connectivity index (χ3v) is 4.71. The molecule has 2 N–H and O–H groups in total. The second kappa shape index (κ2) is 6.50. The molecule has 2 aromatic rings. The van der Waals surface area contributed by atoms with Crippen LogP contribution in [-0.2, 0) is 0 Å². The molecule has 1 saturated heterocycles. The number of thiazole rings is 1. The van der Waals surface area contributed by atoms with Crippen molar-refractivity contribution in [1.82, 2.24) is 9.88 Å². The molecule has 2 atom stereocenters. The van der Waals surface area contributed by atoms with Crippen LogP contribution in [0.15, 0.2) is 28.2 Å². The Balaban J connectivity index is 1.61. The van der Waals surface area contributed by atoms with Gasteiger partial charge in [0, 0.05) is 24.4 Å². The van der Waals surface area contributed by atoms with Crippen molar-refractivity contribution in [1.29, 1.82) is 0 Å². The van der Waals surface area contributed by atoms with Gasteiger partial charge in [0.2, 0.25) is 0 Å². The van der Waals surface area contributed by atoms with Crippen molar-refractivity contribution in [2.45, 2.75) is 38.3 Å². The molecule has 3 heterocycles. The first-order valence-corrected chi connectivity index (χ1v) is 8.22. The number of likely N-dealkylation sites (tertiary alicyclic amines) is 1. The molecule has 2 amide bonds. The molecule has 2 aromatic heterocycles. The Morgan fingerprint density at radius 3 is 3.23 bits per heavy atom. The Bertz CT molecular complexity index is 626. The molecule has 0 saturated carbocycles. The van der Waals surface area contributed by atoms with Gasteiger partial charge in [-0.05, 0) is 31.9 Å². The minimum absolute atomic E-state index is 0.0150. The Labute approximate surface area is 132 Å². The topological polar surface area (TPSA) is 78.6 Å². The molecule has 0 aromatic carbocycles. The van der Waals surface area contributed by atoms with Gasteiger partial charge in [0.25, 0.3) is 0 Å². The van der Waals surface area contributed by atoms with Crippen molar-refractivity contribution in [2.24, 2.45) is 0 Å². The number of anilines is 1. The van der Waals surface area contributed by atoms with E-state index in [-0.39, 0.29) is 12.1 Å². The Morgan fingerprint density at radius 2 is 2.55 bits per heavy atom. The Kier molecular flexibility index (Phi) is 4.44. The molecule has 1 aliphatic rings. The third-order valence-electron chi connectivity index (χ3n) is 3.84. The predicted octanol–water partition coefficient (Wildman–Crippen LogP) is 3.16. The first-order chi connectivity index (χ1) is 10.6. The number of carbonyl (C=O) groups excluding carboxylic acids is 1. The molecule has 22 heavy (non-hydrogen) atoms. The van der Waals surface area contributed by atoms with Crippen molar-refractivity contribution in [3.63, 3.8) is 0 Å². The highest BCUT2D eigenvalue weighted by Crippen LogP contribution is 2.28. The van der Waals surface area contributed by atoms with Gasteiger partial charge in [0.05, 0.1) is 12.0 Å². The monoisotopic (exact) mass is 321 g/mol. The molecule has 1 aliphatic heterocycles. The molecule has 0 bridgehead atoms. The molecular weight excluding hydrogens is 302 g/mol. The lowest BCUT2D eigenvalue weighted by Gasteiger charge is -2.25. The second-order valence-electron chi connectivity index (χ2n) is 5.48. The van der Waals surface area contributed by atoms with Crippen molar-refractivity contribution < 1.29 is 14.3 Å². The van der Waals surface area contributed by atoms with Crippen molar-refractivity contribution in [2.75, 3.05) is 11.9 Å². The molecule has 6 nitrogen and oxygen atoms in total. The molecular formula is C15H19N3O3S. The van der Waals surface area contributed by atoms with Gasteiger partial charge in [-0.25, -0.2) is 9.78 Å². The Hall–Kier alpha value is -1.86. The lowest BCUT2D eigenvalue weighted by Crippen LogP contribution is -2.39. The van der Waals surface area contributed by atoms with E-state index in [9.17, 15) is 9.90 Å². The van der Waals surface area contributed by atoms with E-state index < -0.39 is 6.10 Å². The van der Waals surface area contributed by atoms with E-state index in [0.717, 1.165) is 18.5 Å². The van der Waals surface area contributed by atoms with Crippen LogP contribution in [0.5, 0.6) is 0 Å². The van der Waals surface area contributed by atoms with Crippen molar-refractivity contribution in [3.8, 4) is 0 Å². The van der Waals surface area contributed by atoms with Crippen molar-refractivity contribution in [3.05, 3.63) is 35.2 Å². The number of carbonyl (C=O) groups is 1. The van der Waals surface area contributed by atoms with Crippen LogP contribution in [-0.4, -0.2) is 33.6 Å². The van der Waals surface area contributed by atoms with Crippen LogP contribution in [0.4, 0.5) is 9.93 Å². The lowest BCUT2D eigenvalue weighted by atomic mass is 10.1. The highest BCUT2D eigenvalue weighted by Gasteiger charge is 2.31. The number of urea groups is 1. The molecule has 2 unspecified atom stereocenters. The van der Waals surface area contributed by atoms with E-state index in [0.29, 0.717) is 23.9 Å². The summed E-state index contributed by atoms with van der Waals surface area (Å²) in [7, 11) is 0. The highest BCUT2D eigenvalue weighted by atomic mass is 32.1. The fourth-order valence-corrected chi connectivity index (χ4v) is 3.46. The number of hydrogen-bond donors (Lipinski definition) is 2. The van der Waals surface area contributed by atoms with Crippen LogP contribution < -0.4 is 5.32 Å². The maximum atomic E-state index is 12.4. The largest absolute Gasteiger partial charge is 0.467 e. The van der Waals surface area contributed by atoms with Crippen molar-refractivity contribution >= 4 is 22.5 Å². The molecule has 0 spiro atoms. The fraction of sp³-hybridized carbons (Fsp3) is 0.467. The fourth-order valence-electron chi connectivity index (χ4n) is 2.78. The van der Waals surface area contributed by atoms with Gasteiger partial charge in [-0.1, -0.05) is 0 Å². The summed E-state index contributed by atoms with van der Waals surface area (Å²) >= 11 is 1.42. The summed E-state index contributed by atoms with van der Waals surface area (Å²) in [6.07, 6.45) is 3.18. The van der Waals surface area contributed by atoms with Gasteiger partial charge >= 0.3 is 6.03 Å². The minimum atomic E-state index is -0.685. The average molecular weight is 321 g/mol. The van der Waals surface area contributed by atoms with E-state index in [2.05, 4.69) is 10.3 Å². The number of nitrogens with one attached hydrogen (secondary N) is 1. The molecule has 0 radical (unpaired) electrons. The molecule has 1 fully saturated rings. The van der Waals surface area contributed by atoms with Gasteiger partial charge in [-0.2, -0.15) is 0 Å². The number of amides is 2. The maximum absolute atomic E-state index is 12.4. The van der Waals surface area contributed by atoms with Gasteiger partial charge < -0.3 is 14.4 Å². The van der Waals surface area contributed by atoms with E-state index >= 15 is 0 Å². The summed E-state index contributed by atoms with van der Waals surface area (Å²) in [5, 5.41) is 15.5. The number of aliphatic hydroxyl groups is 1. The van der Waals surface area contributed by atoms with Gasteiger partial charge in [-0.3, -0.25) is 5.32 Å². The number of furan rings is 1.